The zero-order chi connectivity index (χ0) is 27.0. The van der Waals surface area contributed by atoms with Gasteiger partial charge in [0, 0.05) is 24.3 Å². The number of ether oxygens (including phenoxy) is 2. The Morgan fingerprint density at radius 1 is 1.05 bits per heavy atom. The van der Waals surface area contributed by atoms with Crippen LogP contribution in [-0.4, -0.2) is 60.1 Å². The van der Waals surface area contributed by atoms with E-state index in [1.807, 2.05) is 42.5 Å². The molecule has 2 N–H and O–H groups in total. The van der Waals surface area contributed by atoms with Crippen LogP contribution in [0.1, 0.15) is 37.7 Å². The van der Waals surface area contributed by atoms with Crippen molar-refractivity contribution < 1.29 is 23.9 Å². The van der Waals surface area contributed by atoms with Gasteiger partial charge >= 0.3 is 0 Å². The molecule has 3 heterocycles. The van der Waals surface area contributed by atoms with Crippen LogP contribution in [0.3, 0.4) is 0 Å². The number of nitrogens with one attached hydrogen (secondary N) is 2. The van der Waals surface area contributed by atoms with Crippen LogP contribution >= 0.6 is 0 Å². The van der Waals surface area contributed by atoms with Gasteiger partial charge in [-0.1, -0.05) is 67.8 Å². The molecule has 0 aromatic heterocycles. The quantitative estimate of drug-likeness (QED) is 0.511. The predicted octanol–water partition coefficient (Wildman–Crippen LogP) is 3.48. The van der Waals surface area contributed by atoms with Gasteiger partial charge in [0.25, 0.3) is 0 Å². The third-order valence-electron chi connectivity index (χ3n) is 8.70. The van der Waals surface area contributed by atoms with E-state index in [1.165, 1.54) is 6.42 Å². The second-order valence-electron chi connectivity index (χ2n) is 11.0. The maximum Gasteiger partial charge on any atom is 0.246 e. The summed E-state index contributed by atoms with van der Waals surface area (Å²) in [5, 5.41) is 6.19. The van der Waals surface area contributed by atoms with Crippen LogP contribution in [0, 0.1) is 11.8 Å². The highest BCUT2D eigenvalue weighted by molar-refractivity contribution is 6.02. The number of hydrogen-bond donors (Lipinski definition) is 2. The van der Waals surface area contributed by atoms with Crippen LogP contribution in [-0.2, 0) is 25.5 Å². The maximum absolute atomic E-state index is 14.1. The first-order valence-electron chi connectivity index (χ1n) is 14.0. The highest BCUT2D eigenvalue weighted by atomic mass is 16.5. The summed E-state index contributed by atoms with van der Waals surface area (Å²) in [5.74, 6) is -1.57. The van der Waals surface area contributed by atoms with Crippen LogP contribution in [0.2, 0.25) is 0 Å². The molecule has 1 saturated carbocycles. The number of carbonyl (C=O) groups is 3. The Morgan fingerprint density at radius 3 is 2.62 bits per heavy atom. The number of amides is 3. The summed E-state index contributed by atoms with van der Waals surface area (Å²) < 4.78 is 11.7. The van der Waals surface area contributed by atoms with Crippen LogP contribution in [0.5, 0.6) is 5.75 Å². The third kappa shape index (κ3) is 4.61. The van der Waals surface area contributed by atoms with Gasteiger partial charge in [-0.2, -0.15) is 0 Å². The summed E-state index contributed by atoms with van der Waals surface area (Å²) in [4.78, 5) is 43.3. The normalized spacial score (nSPS) is 29.4. The van der Waals surface area contributed by atoms with Crippen molar-refractivity contribution >= 4 is 23.4 Å². The van der Waals surface area contributed by atoms with E-state index >= 15 is 0 Å². The zero-order valence-corrected chi connectivity index (χ0v) is 22.2. The van der Waals surface area contributed by atoms with E-state index in [4.69, 9.17) is 9.47 Å². The monoisotopic (exact) mass is 529 g/mol. The lowest BCUT2D eigenvalue weighted by atomic mass is 9.74. The Bertz CT molecular complexity index is 1270. The van der Waals surface area contributed by atoms with E-state index in [1.54, 1.807) is 36.3 Å². The van der Waals surface area contributed by atoms with Crippen LogP contribution in [0.25, 0.3) is 0 Å². The Morgan fingerprint density at radius 2 is 1.85 bits per heavy atom. The molecule has 8 nitrogen and oxygen atoms in total. The number of methoxy groups -OCH3 is 1. The number of benzene rings is 2. The van der Waals surface area contributed by atoms with Crippen molar-refractivity contribution in [1.82, 2.24) is 10.2 Å². The Kier molecular flexibility index (Phi) is 6.89. The fourth-order valence-electron chi connectivity index (χ4n) is 6.86. The Balaban J connectivity index is 1.29. The lowest BCUT2D eigenvalue weighted by molar-refractivity contribution is -0.141. The third-order valence-corrected chi connectivity index (χ3v) is 8.70. The molecule has 1 aliphatic carbocycles. The fraction of sp³-hybridized carbons (Fsp3) is 0.452. The summed E-state index contributed by atoms with van der Waals surface area (Å²) in [6.45, 7) is 0.371. The molecule has 3 amide bonds. The highest BCUT2D eigenvalue weighted by Crippen LogP contribution is 2.55. The molecule has 2 aromatic carbocycles. The summed E-state index contributed by atoms with van der Waals surface area (Å²) in [7, 11) is 1.57. The number of anilines is 1. The van der Waals surface area contributed by atoms with Crippen molar-refractivity contribution in [3.8, 4) is 5.75 Å². The number of hydrogen-bond acceptors (Lipinski definition) is 5. The molecule has 4 aliphatic rings. The van der Waals surface area contributed by atoms with Gasteiger partial charge in [-0.15, -0.1) is 0 Å². The van der Waals surface area contributed by atoms with Crippen LogP contribution < -0.4 is 15.4 Å². The van der Waals surface area contributed by atoms with Crippen molar-refractivity contribution in [1.29, 1.82) is 0 Å². The van der Waals surface area contributed by atoms with Crippen molar-refractivity contribution in [3.63, 3.8) is 0 Å². The average molecular weight is 530 g/mol. The molecular formula is C31H35N3O5. The van der Waals surface area contributed by atoms with E-state index in [-0.39, 0.29) is 23.8 Å². The summed E-state index contributed by atoms with van der Waals surface area (Å²) in [5.41, 5.74) is 0.505. The molecule has 6 rings (SSSR count). The number of carbonyl (C=O) groups excluding carboxylic acids is 3. The maximum atomic E-state index is 14.1. The predicted molar refractivity (Wildman–Crippen MR) is 146 cm³/mol. The first-order valence-corrected chi connectivity index (χ1v) is 14.0. The molecule has 2 bridgehead atoms. The lowest BCUT2D eigenvalue weighted by Gasteiger charge is -2.34. The molecule has 3 fully saturated rings. The molecular weight excluding hydrogens is 494 g/mol. The van der Waals surface area contributed by atoms with Gasteiger partial charge in [-0.3, -0.25) is 14.4 Å². The van der Waals surface area contributed by atoms with Crippen molar-refractivity contribution in [3.05, 3.63) is 72.3 Å². The average Bonchev–Trinajstić information content (AvgIpc) is 3.60. The van der Waals surface area contributed by atoms with Crippen molar-refractivity contribution in [2.24, 2.45) is 11.8 Å². The standard InChI is InChI=1S/C31H35N3O5/c1-38-23-14-8-13-22(19-23)33-28(35)25-24-15-17-31(39-24)26(25)30(37)34(18-16-20-9-4-2-5-10-20)27(31)29(36)32-21-11-6-3-7-12-21/h2,4-5,8-10,13-15,17,19,21,24-27H,3,6-7,11-12,16,18H2,1H3,(H,32,36)(H,33,35)/t24-,25+,26-,27-,31-/m0/s1. The lowest BCUT2D eigenvalue weighted by Crippen LogP contribution is -2.56. The fourth-order valence-corrected chi connectivity index (χ4v) is 6.86. The zero-order valence-electron chi connectivity index (χ0n) is 22.2. The first-order chi connectivity index (χ1) is 19.0. The van der Waals surface area contributed by atoms with E-state index in [2.05, 4.69) is 10.6 Å². The number of fused-ring (bicyclic) bond motifs is 1. The number of likely N-dealkylation sites (tertiary alicyclic amines) is 1. The molecule has 2 aromatic rings. The van der Waals surface area contributed by atoms with E-state index in [0.717, 1.165) is 31.2 Å². The van der Waals surface area contributed by atoms with Gasteiger partial charge in [0.1, 0.15) is 17.4 Å². The summed E-state index contributed by atoms with van der Waals surface area (Å²) >= 11 is 0. The van der Waals surface area contributed by atoms with E-state index < -0.39 is 29.6 Å². The van der Waals surface area contributed by atoms with Crippen LogP contribution in [0.4, 0.5) is 5.69 Å². The van der Waals surface area contributed by atoms with Gasteiger partial charge in [0.2, 0.25) is 17.7 Å². The number of nitrogens with zero attached hydrogens (tertiary/aromatic N) is 1. The van der Waals surface area contributed by atoms with E-state index in [0.29, 0.717) is 24.4 Å². The summed E-state index contributed by atoms with van der Waals surface area (Å²) in [6, 6.07) is 16.3. The molecule has 204 valence electrons. The molecule has 0 unspecified atom stereocenters. The molecule has 1 spiro atoms. The second-order valence-corrected chi connectivity index (χ2v) is 11.0. The van der Waals surface area contributed by atoms with Crippen LogP contribution in [0.15, 0.2) is 66.7 Å². The van der Waals surface area contributed by atoms with E-state index in [9.17, 15) is 14.4 Å². The summed E-state index contributed by atoms with van der Waals surface area (Å²) in [6.07, 6.45) is 9.00. The Hall–Kier alpha value is -3.65. The molecule has 0 radical (unpaired) electrons. The first kappa shape index (κ1) is 25.6. The molecule has 3 aliphatic heterocycles. The van der Waals surface area contributed by atoms with Gasteiger partial charge < -0.3 is 25.0 Å². The molecule has 2 saturated heterocycles. The minimum Gasteiger partial charge on any atom is -0.497 e. The molecule has 39 heavy (non-hydrogen) atoms. The van der Waals surface area contributed by atoms with Gasteiger partial charge in [-0.25, -0.2) is 0 Å². The minimum atomic E-state index is -1.16. The largest absolute Gasteiger partial charge is 0.497 e. The van der Waals surface area contributed by atoms with Gasteiger partial charge in [0.05, 0.1) is 25.0 Å². The van der Waals surface area contributed by atoms with Crippen molar-refractivity contribution in [2.75, 3.05) is 19.0 Å². The Labute approximate surface area is 228 Å². The minimum absolute atomic E-state index is 0.0996. The SMILES string of the molecule is COc1cccc(NC(=O)[C@@H]2[C@@H]3C=C[C@]4(O3)[C@@H]2C(=O)N(CCc2ccccc2)[C@H]4C(=O)NC2CCCCC2)c1. The van der Waals surface area contributed by atoms with Crippen molar-refractivity contribution in [2.45, 2.75) is 62.3 Å². The molecule has 5 atom stereocenters. The second kappa shape index (κ2) is 10.5. The van der Waals surface area contributed by atoms with Gasteiger partial charge in [0.15, 0.2) is 0 Å². The smallest absolute Gasteiger partial charge is 0.246 e. The highest BCUT2D eigenvalue weighted by Gasteiger charge is 2.72. The topological polar surface area (TPSA) is 97.0 Å². The molecule has 8 heteroatoms. The number of rotatable bonds is 8. The van der Waals surface area contributed by atoms with Gasteiger partial charge in [-0.05, 0) is 37.0 Å².